The van der Waals surface area contributed by atoms with Crippen LogP contribution in [0.1, 0.15) is 31.9 Å². The summed E-state index contributed by atoms with van der Waals surface area (Å²) in [6, 6.07) is 7.94. The number of aliphatic hydroxyl groups excluding tert-OH is 2. The summed E-state index contributed by atoms with van der Waals surface area (Å²) in [6.45, 7) is 4.21. The molecule has 1 aromatic rings. The van der Waals surface area contributed by atoms with Crippen LogP contribution in [0.4, 0.5) is 0 Å². The fourth-order valence-corrected chi connectivity index (χ4v) is 2.51. The van der Waals surface area contributed by atoms with Gasteiger partial charge >= 0.3 is 0 Å². The van der Waals surface area contributed by atoms with E-state index in [0.717, 1.165) is 22.6 Å². The van der Waals surface area contributed by atoms with Crippen molar-refractivity contribution in [1.82, 2.24) is 0 Å². The van der Waals surface area contributed by atoms with Gasteiger partial charge in [0.05, 0.1) is 6.10 Å². The van der Waals surface area contributed by atoms with E-state index in [4.69, 9.17) is 5.11 Å². The SMILES string of the molecule is CCC(O)c1ccccc1SCC(C)CO. The van der Waals surface area contributed by atoms with E-state index >= 15 is 0 Å². The minimum Gasteiger partial charge on any atom is -0.396 e. The fraction of sp³-hybridized carbons (Fsp3) is 0.538. The Kier molecular flexibility index (Phi) is 5.88. The van der Waals surface area contributed by atoms with Gasteiger partial charge in [-0.3, -0.25) is 0 Å². The van der Waals surface area contributed by atoms with Crippen LogP contribution in [0.2, 0.25) is 0 Å². The van der Waals surface area contributed by atoms with Crippen molar-refractivity contribution in [2.45, 2.75) is 31.3 Å². The van der Waals surface area contributed by atoms with Crippen LogP contribution in [0.5, 0.6) is 0 Å². The average Bonchev–Trinajstić information content (AvgIpc) is 2.35. The van der Waals surface area contributed by atoms with Gasteiger partial charge in [-0.25, -0.2) is 0 Å². The number of benzene rings is 1. The minimum absolute atomic E-state index is 0.214. The molecule has 3 heteroatoms. The maximum absolute atomic E-state index is 9.87. The van der Waals surface area contributed by atoms with E-state index in [9.17, 15) is 5.11 Å². The Bertz CT molecular complexity index is 315. The van der Waals surface area contributed by atoms with Crippen LogP contribution in [0, 0.1) is 5.92 Å². The predicted octanol–water partition coefficient (Wildman–Crippen LogP) is 2.85. The van der Waals surface area contributed by atoms with E-state index < -0.39 is 0 Å². The summed E-state index contributed by atoms with van der Waals surface area (Å²) in [5.41, 5.74) is 1.00. The summed E-state index contributed by atoms with van der Waals surface area (Å²) in [4.78, 5) is 1.12. The Morgan fingerprint density at radius 3 is 2.62 bits per heavy atom. The highest BCUT2D eigenvalue weighted by Crippen LogP contribution is 2.29. The van der Waals surface area contributed by atoms with Gasteiger partial charge in [0.2, 0.25) is 0 Å². The normalized spacial score (nSPS) is 14.8. The predicted molar refractivity (Wildman–Crippen MR) is 68.7 cm³/mol. The number of hydrogen-bond donors (Lipinski definition) is 2. The van der Waals surface area contributed by atoms with Gasteiger partial charge in [-0.15, -0.1) is 11.8 Å². The molecule has 0 saturated carbocycles. The second-order valence-electron chi connectivity index (χ2n) is 4.06. The van der Waals surface area contributed by atoms with E-state index in [1.807, 2.05) is 38.1 Å². The van der Waals surface area contributed by atoms with Crippen molar-refractivity contribution in [3.8, 4) is 0 Å². The summed E-state index contributed by atoms with van der Waals surface area (Å²) < 4.78 is 0. The second kappa shape index (κ2) is 6.94. The molecule has 90 valence electrons. The van der Waals surface area contributed by atoms with Gasteiger partial charge in [0.25, 0.3) is 0 Å². The highest BCUT2D eigenvalue weighted by atomic mass is 32.2. The van der Waals surface area contributed by atoms with Crippen LogP contribution >= 0.6 is 11.8 Å². The van der Waals surface area contributed by atoms with Gasteiger partial charge in [0.15, 0.2) is 0 Å². The molecule has 0 spiro atoms. The molecule has 0 heterocycles. The van der Waals surface area contributed by atoms with Crippen molar-refractivity contribution in [2.75, 3.05) is 12.4 Å². The average molecular weight is 240 g/mol. The molecule has 2 N–H and O–H groups in total. The third-order valence-corrected chi connectivity index (χ3v) is 3.92. The molecule has 0 amide bonds. The van der Waals surface area contributed by atoms with Crippen LogP contribution in [-0.4, -0.2) is 22.6 Å². The molecule has 0 saturated heterocycles. The number of hydrogen-bond acceptors (Lipinski definition) is 3. The maximum Gasteiger partial charge on any atom is 0.0798 e. The first-order valence-electron chi connectivity index (χ1n) is 5.69. The first kappa shape index (κ1) is 13.6. The standard InChI is InChI=1S/C13H20O2S/c1-3-12(15)11-6-4-5-7-13(11)16-9-10(2)8-14/h4-7,10,12,14-15H,3,8-9H2,1-2H3. The van der Waals surface area contributed by atoms with Crippen LogP contribution in [0.3, 0.4) is 0 Å². The van der Waals surface area contributed by atoms with Crippen molar-refractivity contribution in [3.05, 3.63) is 29.8 Å². The molecular weight excluding hydrogens is 220 g/mol. The van der Waals surface area contributed by atoms with Gasteiger partial charge in [0, 0.05) is 17.3 Å². The van der Waals surface area contributed by atoms with Crippen molar-refractivity contribution in [3.63, 3.8) is 0 Å². The quantitative estimate of drug-likeness (QED) is 0.751. The molecule has 16 heavy (non-hydrogen) atoms. The molecule has 2 atom stereocenters. The third-order valence-electron chi connectivity index (χ3n) is 2.50. The molecule has 0 aliphatic heterocycles. The monoisotopic (exact) mass is 240 g/mol. The van der Waals surface area contributed by atoms with Gasteiger partial charge < -0.3 is 10.2 Å². The maximum atomic E-state index is 9.87. The van der Waals surface area contributed by atoms with Crippen LogP contribution in [0.25, 0.3) is 0 Å². The van der Waals surface area contributed by atoms with Gasteiger partial charge in [-0.1, -0.05) is 32.0 Å². The van der Waals surface area contributed by atoms with Crippen molar-refractivity contribution in [1.29, 1.82) is 0 Å². The minimum atomic E-state index is -0.381. The van der Waals surface area contributed by atoms with E-state index in [0.29, 0.717) is 0 Å². The molecule has 0 bridgehead atoms. The van der Waals surface area contributed by atoms with Crippen LogP contribution in [0.15, 0.2) is 29.2 Å². The summed E-state index contributed by atoms with van der Waals surface area (Å²) >= 11 is 1.70. The number of thioether (sulfide) groups is 1. The first-order valence-corrected chi connectivity index (χ1v) is 6.68. The highest BCUT2D eigenvalue weighted by molar-refractivity contribution is 7.99. The lowest BCUT2D eigenvalue weighted by molar-refractivity contribution is 0.171. The topological polar surface area (TPSA) is 40.5 Å². The Balaban J connectivity index is 2.71. The van der Waals surface area contributed by atoms with Crippen LogP contribution in [-0.2, 0) is 0 Å². The van der Waals surface area contributed by atoms with Gasteiger partial charge in [-0.05, 0) is 24.0 Å². The number of rotatable bonds is 6. The zero-order valence-corrected chi connectivity index (χ0v) is 10.7. The Hall–Kier alpha value is -0.510. The fourth-order valence-electron chi connectivity index (χ4n) is 1.39. The second-order valence-corrected chi connectivity index (χ2v) is 5.12. The largest absolute Gasteiger partial charge is 0.396 e. The van der Waals surface area contributed by atoms with Gasteiger partial charge in [0.1, 0.15) is 0 Å². The van der Waals surface area contributed by atoms with E-state index in [1.165, 1.54) is 0 Å². The van der Waals surface area contributed by atoms with Crippen molar-refractivity contribution in [2.24, 2.45) is 5.92 Å². The summed E-state index contributed by atoms with van der Waals surface area (Å²) in [5, 5.41) is 18.8. The molecule has 1 aromatic carbocycles. The van der Waals surface area contributed by atoms with Crippen LogP contribution < -0.4 is 0 Å². The molecule has 2 unspecified atom stereocenters. The van der Waals surface area contributed by atoms with Crippen molar-refractivity contribution >= 4 is 11.8 Å². The lowest BCUT2D eigenvalue weighted by atomic mass is 10.1. The molecule has 1 rings (SSSR count). The molecule has 0 radical (unpaired) electrons. The van der Waals surface area contributed by atoms with E-state index in [1.54, 1.807) is 11.8 Å². The highest BCUT2D eigenvalue weighted by Gasteiger charge is 2.11. The van der Waals surface area contributed by atoms with E-state index in [-0.39, 0.29) is 18.6 Å². The molecular formula is C13H20O2S. The molecule has 2 nitrogen and oxygen atoms in total. The first-order chi connectivity index (χ1) is 7.69. The Morgan fingerprint density at radius 1 is 1.31 bits per heavy atom. The summed E-state index contributed by atoms with van der Waals surface area (Å²) in [5.74, 6) is 1.17. The number of aliphatic hydroxyl groups is 2. The molecule has 0 aliphatic carbocycles. The third kappa shape index (κ3) is 3.81. The van der Waals surface area contributed by atoms with E-state index in [2.05, 4.69) is 0 Å². The smallest absolute Gasteiger partial charge is 0.0798 e. The van der Waals surface area contributed by atoms with Gasteiger partial charge in [-0.2, -0.15) is 0 Å². The Morgan fingerprint density at radius 2 is 2.00 bits per heavy atom. The lowest BCUT2D eigenvalue weighted by Crippen LogP contribution is -2.04. The molecule has 0 fully saturated rings. The molecule has 0 aromatic heterocycles. The molecule has 0 aliphatic rings. The zero-order valence-electron chi connectivity index (χ0n) is 9.89. The van der Waals surface area contributed by atoms with Crippen molar-refractivity contribution < 1.29 is 10.2 Å². The summed E-state index contributed by atoms with van der Waals surface area (Å²) in [6.07, 6.45) is 0.348. The Labute approximate surface area is 102 Å². The lowest BCUT2D eigenvalue weighted by Gasteiger charge is -2.14. The summed E-state index contributed by atoms with van der Waals surface area (Å²) in [7, 11) is 0. The zero-order chi connectivity index (χ0) is 12.0.